The van der Waals surface area contributed by atoms with Gasteiger partial charge in [-0.2, -0.15) is 0 Å². The second-order valence-electron chi connectivity index (χ2n) is 21.2. The van der Waals surface area contributed by atoms with Crippen LogP contribution in [0, 0.1) is 0 Å². The molecular formula is C56H38B12N4. The summed E-state index contributed by atoms with van der Waals surface area (Å²) >= 11 is 0. The maximum Gasteiger partial charge on any atom is 0.0985 e. The van der Waals surface area contributed by atoms with Gasteiger partial charge in [0.1, 0.15) is 0 Å². The highest BCUT2D eigenvalue weighted by Gasteiger charge is 2.48. The van der Waals surface area contributed by atoms with Gasteiger partial charge >= 0.3 is 0 Å². The normalized spacial score (nSPS) is 27.0. The molecule has 0 aliphatic carbocycles. The van der Waals surface area contributed by atoms with Crippen LogP contribution >= 0.6 is 0 Å². The van der Waals surface area contributed by atoms with Crippen LogP contribution in [0.2, 0.25) is 43.7 Å². The Bertz CT molecular complexity index is 3180. The number of hydrogen-bond acceptors (Lipinski definition) is 2. The smallest absolute Gasteiger partial charge is 0.0985 e. The second-order valence-corrected chi connectivity index (χ2v) is 21.2. The lowest BCUT2D eigenvalue weighted by atomic mass is 9.67. The van der Waals surface area contributed by atoms with E-state index >= 15 is 0 Å². The van der Waals surface area contributed by atoms with Gasteiger partial charge in [-0.05, 0) is 119 Å². The molecule has 8 unspecified atom stereocenters. The first kappa shape index (κ1) is 46.1. The Hall–Kier alpha value is -5.74. The van der Waals surface area contributed by atoms with E-state index in [0.717, 1.165) is 112 Å². The van der Waals surface area contributed by atoms with Crippen molar-refractivity contribution in [3.05, 3.63) is 166 Å². The zero-order valence-electron chi connectivity index (χ0n) is 39.8. The Morgan fingerprint density at radius 1 is 0.361 bits per heavy atom. The van der Waals surface area contributed by atoms with Gasteiger partial charge in [-0.1, -0.05) is 118 Å². The third kappa shape index (κ3) is 8.47. The summed E-state index contributed by atoms with van der Waals surface area (Å²) in [5.41, 5.74) is 18.3. The molecule has 4 fully saturated rings. The minimum absolute atomic E-state index is 0.146. The molecule has 4 aromatic carbocycles. The van der Waals surface area contributed by atoms with Crippen molar-refractivity contribution in [1.82, 2.24) is 19.9 Å². The number of fused-ring (bicyclic) bond motifs is 8. The third-order valence-corrected chi connectivity index (χ3v) is 15.7. The van der Waals surface area contributed by atoms with Crippen LogP contribution in [0.25, 0.3) is 90.9 Å². The molecule has 0 saturated carbocycles. The van der Waals surface area contributed by atoms with Crippen LogP contribution in [0.15, 0.2) is 121 Å². The van der Waals surface area contributed by atoms with Crippen molar-refractivity contribution < 1.29 is 0 Å². The molecule has 4 saturated heterocycles. The summed E-state index contributed by atoms with van der Waals surface area (Å²) < 4.78 is 0. The molecule has 4 nitrogen and oxygen atoms in total. The van der Waals surface area contributed by atoms with E-state index in [0.29, 0.717) is 25.7 Å². The van der Waals surface area contributed by atoms with Gasteiger partial charge in [0.05, 0.1) is 115 Å². The lowest BCUT2D eigenvalue weighted by Crippen LogP contribution is -2.01. The van der Waals surface area contributed by atoms with E-state index in [-0.39, 0.29) is 22.9 Å². The van der Waals surface area contributed by atoms with E-state index < -0.39 is 20.9 Å². The average molecular weight is 897 g/mol. The minimum atomic E-state index is -0.540. The van der Waals surface area contributed by atoms with E-state index in [9.17, 15) is 0 Å². The SMILES string of the molecule is [B]C1[B]C1([B])Cc1cccc(-c2c3nc(c(-c4cccc(CC5([B])[B]C5[B])c4)c4ccc([nH]4)c(-c4cccc(CC5([B])[B]C5[B])c4)c4nc(c(-c5cccc(CC6([B])[B]C6[B])c5)c5ccc2[nH]5)C=C4)C=C3)c1. The highest BCUT2D eigenvalue weighted by atomic mass is 14.8. The molecule has 6 aliphatic rings. The van der Waals surface area contributed by atoms with Crippen LogP contribution in [0.1, 0.15) is 45.0 Å². The quantitative estimate of drug-likeness (QED) is 0.120. The molecule has 3 aromatic heterocycles. The van der Waals surface area contributed by atoms with Crippen LogP contribution < -0.4 is 0 Å². The summed E-state index contributed by atoms with van der Waals surface area (Å²) in [7, 11) is 59.9. The van der Waals surface area contributed by atoms with Crippen molar-refractivity contribution in [2.24, 2.45) is 0 Å². The van der Waals surface area contributed by atoms with Gasteiger partial charge in [-0.25, -0.2) is 9.97 Å². The molecule has 8 atom stereocenters. The Morgan fingerprint density at radius 2 is 0.583 bits per heavy atom. The van der Waals surface area contributed by atoms with Crippen molar-refractivity contribution in [3.63, 3.8) is 0 Å². The molecule has 8 bridgehead atoms. The second kappa shape index (κ2) is 16.9. The fourth-order valence-corrected chi connectivity index (χ4v) is 11.0. The largest absolute Gasteiger partial charge is 0.354 e. The molecule has 6 aliphatic heterocycles. The van der Waals surface area contributed by atoms with Gasteiger partial charge in [0.25, 0.3) is 0 Å². The van der Waals surface area contributed by atoms with Crippen molar-refractivity contribution >= 4 is 138 Å². The Balaban J connectivity index is 1.09. The highest BCUT2D eigenvalue weighted by molar-refractivity contribution is 6.79. The standard InChI is InChI=1S/C56H38B12N4/c57-49-53(61,65-49)25-29-5-1-9-33(21-29)45-37-13-15-39(69-37)46(34-10-2-6-30(22-34)26-54(62)50(58)66-54)41-17-19-43(71-41)48(36-12-4-8-32(24-36)28-56(64)52(60)68-56)44-20-18-42(72-44)47(40-16-14-38(45)70-40)35-11-3-7-31(23-35)27-55(63)51(59)67-55/h1-24,49-52,69,72H,25-28H2. The van der Waals surface area contributed by atoms with Crippen LogP contribution in [0.4, 0.5) is 0 Å². The Kier molecular flexibility index (Phi) is 10.8. The lowest BCUT2D eigenvalue weighted by Gasteiger charge is -2.14. The van der Waals surface area contributed by atoms with E-state index in [1.54, 1.807) is 0 Å². The van der Waals surface area contributed by atoms with Gasteiger partial charge in [0.15, 0.2) is 0 Å². The van der Waals surface area contributed by atoms with Crippen molar-refractivity contribution in [3.8, 4) is 44.5 Å². The van der Waals surface area contributed by atoms with E-state index in [1.807, 2.05) is 29.1 Å². The van der Waals surface area contributed by atoms with Gasteiger partial charge in [0.2, 0.25) is 0 Å². The fraction of sp³-hybridized carbons (Fsp3) is 0.214. The average Bonchev–Trinajstić information content (AvgIpc) is 4.05. The van der Waals surface area contributed by atoms with Crippen molar-refractivity contribution in [1.29, 1.82) is 0 Å². The molecule has 9 heterocycles. The van der Waals surface area contributed by atoms with Crippen molar-refractivity contribution in [2.75, 3.05) is 0 Å². The summed E-state index contributed by atoms with van der Waals surface area (Å²) in [6.07, 6.45) is 10.9. The summed E-state index contributed by atoms with van der Waals surface area (Å²) in [6.45, 7) is 0. The first-order chi connectivity index (χ1) is 34.6. The molecule has 16 heteroatoms. The van der Waals surface area contributed by atoms with Crippen LogP contribution in [0.3, 0.4) is 0 Å². The molecule has 318 valence electrons. The molecule has 0 amide bonds. The fourth-order valence-electron chi connectivity index (χ4n) is 11.0. The number of nitrogens with zero attached hydrogens (tertiary/aromatic N) is 2. The monoisotopic (exact) mass is 898 g/mol. The topological polar surface area (TPSA) is 57.4 Å². The number of H-pyrrole nitrogens is 2. The number of aromatic amines is 2. The maximum atomic E-state index is 6.69. The predicted molar refractivity (Wildman–Crippen MR) is 310 cm³/mol. The first-order valence-electron chi connectivity index (χ1n) is 24.8. The number of nitrogens with one attached hydrogen (secondary N) is 2. The predicted octanol–water partition coefficient (Wildman–Crippen LogP) is 9.16. The van der Waals surface area contributed by atoms with E-state index in [4.69, 9.17) is 72.7 Å². The van der Waals surface area contributed by atoms with Gasteiger partial charge < -0.3 is 9.97 Å². The molecule has 0 spiro atoms. The van der Waals surface area contributed by atoms with Crippen LogP contribution in [0.5, 0.6) is 0 Å². The summed E-state index contributed by atoms with van der Waals surface area (Å²) in [6, 6.07) is 42.8. The third-order valence-electron chi connectivity index (χ3n) is 15.7. The highest BCUT2D eigenvalue weighted by Crippen LogP contribution is 2.56. The van der Waals surface area contributed by atoms with E-state index in [2.05, 4.69) is 156 Å². The Labute approximate surface area is 436 Å². The van der Waals surface area contributed by atoms with Crippen LogP contribution in [-0.4, -0.2) is 112 Å². The van der Waals surface area contributed by atoms with Crippen LogP contribution in [-0.2, 0) is 25.7 Å². The zero-order chi connectivity index (χ0) is 49.3. The molecule has 2 N–H and O–H groups in total. The molecule has 72 heavy (non-hydrogen) atoms. The van der Waals surface area contributed by atoms with E-state index in [1.165, 1.54) is 0 Å². The van der Waals surface area contributed by atoms with Gasteiger partial charge in [-0.15, -0.1) is 22.9 Å². The summed E-state index contributed by atoms with van der Waals surface area (Å²) in [4.78, 5) is 18.9. The summed E-state index contributed by atoms with van der Waals surface area (Å²) in [5, 5.41) is -2.16. The number of aromatic nitrogens is 4. The molecular weight excluding hydrogens is 858 g/mol. The zero-order valence-corrected chi connectivity index (χ0v) is 39.8. The molecule has 13 rings (SSSR count). The lowest BCUT2D eigenvalue weighted by molar-refractivity contribution is 0.901. The summed E-state index contributed by atoms with van der Waals surface area (Å²) in [5.74, 6) is 0. The minimum Gasteiger partial charge on any atom is -0.354 e. The number of hydrogen-bond donors (Lipinski definition) is 2. The molecule has 20 radical (unpaired) electrons. The number of benzene rings is 4. The van der Waals surface area contributed by atoms with Crippen molar-refractivity contribution in [2.45, 2.75) is 69.4 Å². The number of rotatable bonds is 12. The Morgan fingerprint density at radius 3 is 0.792 bits per heavy atom. The molecule has 7 aromatic rings. The maximum absolute atomic E-state index is 6.69. The van der Waals surface area contributed by atoms with Gasteiger partial charge in [-0.3, -0.25) is 0 Å². The first-order valence-corrected chi connectivity index (χ1v) is 24.8. The van der Waals surface area contributed by atoms with Gasteiger partial charge in [0, 0.05) is 44.3 Å².